The summed E-state index contributed by atoms with van der Waals surface area (Å²) in [6.45, 7) is 3.07. The first kappa shape index (κ1) is 7.22. The van der Waals surface area contributed by atoms with Gasteiger partial charge < -0.3 is 10.3 Å². The summed E-state index contributed by atoms with van der Waals surface area (Å²) < 4.78 is 0. The van der Waals surface area contributed by atoms with Crippen molar-refractivity contribution in [3.8, 4) is 0 Å². The topological polar surface area (TPSA) is 27.8 Å². The predicted octanol–water partition coefficient (Wildman–Crippen LogP) is 2.60. The van der Waals surface area contributed by atoms with Crippen LogP contribution < -0.4 is 5.32 Å². The molecule has 1 aromatic heterocycles. The molecule has 1 heterocycles. The molecule has 0 saturated carbocycles. The third kappa shape index (κ3) is 1.05. The fourth-order valence-corrected chi connectivity index (χ4v) is 1.43. The summed E-state index contributed by atoms with van der Waals surface area (Å²) in [4.78, 5) is 3.18. The molecule has 0 saturated heterocycles. The van der Waals surface area contributed by atoms with E-state index in [9.17, 15) is 0 Å². The average Bonchev–Trinajstić information content (AvgIpc) is 2.53. The van der Waals surface area contributed by atoms with Crippen LogP contribution in [0.2, 0.25) is 0 Å². The fourth-order valence-electron chi connectivity index (χ4n) is 1.43. The van der Waals surface area contributed by atoms with Crippen molar-refractivity contribution in [1.29, 1.82) is 0 Å². The number of rotatable bonds is 2. The van der Waals surface area contributed by atoms with E-state index in [4.69, 9.17) is 0 Å². The van der Waals surface area contributed by atoms with Gasteiger partial charge in [-0.3, -0.25) is 0 Å². The molecular weight excluding hydrogens is 148 g/mol. The number of aromatic nitrogens is 1. The van der Waals surface area contributed by atoms with Gasteiger partial charge in [0.15, 0.2) is 0 Å². The highest BCUT2D eigenvalue weighted by Crippen LogP contribution is 2.21. The molecule has 2 aromatic rings. The number of H-pyrrole nitrogens is 1. The van der Waals surface area contributed by atoms with Crippen molar-refractivity contribution in [3.05, 3.63) is 30.5 Å². The average molecular weight is 160 g/mol. The Hall–Kier alpha value is -1.44. The number of anilines is 1. The van der Waals surface area contributed by atoms with E-state index in [1.165, 1.54) is 16.6 Å². The van der Waals surface area contributed by atoms with Crippen LogP contribution in [0.15, 0.2) is 30.5 Å². The molecule has 1 aromatic carbocycles. The van der Waals surface area contributed by atoms with Gasteiger partial charge in [0.2, 0.25) is 0 Å². The Morgan fingerprint density at radius 2 is 2.25 bits per heavy atom. The van der Waals surface area contributed by atoms with Crippen molar-refractivity contribution >= 4 is 16.6 Å². The zero-order chi connectivity index (χ0) is 8.39. The first-order valence-electron chi connectivity index (χ1n) is 4.22. The number of aromatic amines is 1. The van der Waals surface area contributed by atoms with Crippen LogP contribution in [0.5, 0.6) is 0 Å². The maximum atomic E-state index is 3.32. The molecular formula is C10H12N2. The highest BCUT2D eigenvalue weighted by atomic mass is 14.9. The molecule has 2 rings (SSSR count). The largest absolute Gasteiger partial charge is 0.385 e. The van der Waals surface area contributed by atoms with Crippen molar-refractivity contribution in [1.82, 2.24) is 4.98 Å². The van der Waals surface area contributed by atoms with Gasteiger partial charge in [0, 0.05) is 29.3 Å². The van der Waals surface area contributed by atoms with Crippen LogP contribution in [0.25, 0.3) is 10.9 Å². The van der Waals surface area contributed by atoms with Gasteiger partial charge in [-0.25, -0.2) is 0 Å². The van der Waals surface area contributed by atoms with Crippen LogP contribution >= 0.6 is 0 Å². The zero-order valence-corrected chi connectivity index (χ0v) is 7.09. The summed E-state index contributed by atoms with van der Waals surface area (Å²) in [6, 6.07) is 8.32. The number of benzene rings is 1. The standard InChI is InChI=1S/C10H12N2/c1-2-11-9-4-3-5-10-8(9)6-7-12-10/h3-7,11-12H,2H2,1H3. The van der Waals surface area contributed by atoms with Gasteiger partial charge in [0.25, 0.3) is 0 Å². The SMILES string of the molecule is CCNc1cccc2[nH]ccc12. The first-order valence-corrected chi connectivity index (χ1v) is 4.22. The number of hydrogen-bond donors (Lipinski definition) is 2. The predicted molar refractivity (Wildman–Crippen MR) is 52.5 cm³/mol. The van der Waals surface area contributed by atoms with E-state index in [1.54, 1.807) is 0 Å². The lowest BCUT2D eigenvalue weighted by atomic mass is 10.2. The van der Waals surface area contributed by atoms with Gasteiger partial charge in [-0.1, -0.05) is 6.07 Å². The summed E-state index contributed by atoms with van der Waals surface area (Å²) in [5.74, 6) is 0. The summed E-state index contributed by atoms with van der Waals surface area (Å²) in [5, 5.41) is 4.58. The Labute approximate surface area is 71.6 Å². The molecule has 2 N–H and O–H groups in total. The van der Waals surface area contributed by atoms with Gasteiger partial charge in [0.1, 0.15) is 0 Å². The van der Waals surface area contributed by atoms with Crippen molar-refractivity contribution in [2.24, 2.45) is 0 Å². The van der Waals surface area contributed by atoms with Gasteiger partial charge in [-0.2, -0.15) is 0 Å². The number of fused-ring (bicyclic) bond motifs is 1. The summed E-state index contributed by atoms with van der Waals surface area (Å²) in [6.07, 6.45) is 1.96. The van der Waals surface area contributed by atoms with Crippen LogP contribution in [0, 0.1) is 0 Å². The molecule has 0 radical (unpaired) electrons. The van der Waals surface area contributed by atoms with E-state index in [1.807, 2.05) is 6.20 Å². The monoisotopic (exact) mass is 160 g/mol. The van der Waals surface area contributed by atoms with E-state index < -0.39 is 0 Å². The van der Waals surface area contributed by atoms with E-state index >= 15 is 0 Å². The lowest BCUT2D eigenvalue weighted by molar-refractivity contribution is 1.22. The summed E-state index contributed by atoms with van der Waals surface area (Å²) >= 11 is 0. The first-order chi connectivity index (χ1) is 5.92. The molecule has 62 valence electrons. The molecule has 0 bridgehead atoms. The minimum absolute atomic E-state index is 0.963. The van der Waals surface area contributed by atoms with E-state index in [0.29, 0.717) is 0 Å². The van der Waals surface area contributed by atoms with Gasteiger partial charge in [-0.15, -0.1) is 0 Å². The molecule has 0 atom stereocenters. The molecule has 0 aliphatic heterocycles. The second-order valence-electron chi connectivity index (χ2n) is 2.77. The van der Waals surface area contributed by atoms with Crippen molar-refractivity contribution in [3.63, 3.8) is 0 Å². The molecule has 0 spiro atoms. The van der Waals surface area contributed by atoms with Crippen LogP contribution in [0.4, 0.5) is 5.69 Å². The third-order valence-electron chi connectivity index (χ3n) is 1.96. The maximum absolute atomic E-state index is 3.32. The smallest absolute Gasteiger partial charge is 0.0474 e. The van der Waals surface area contributed by atoms with Crippen LogP contribution in [-0.4, -0.2) is 11.5 Å². The molecule has 0 aliphatic rings. The van der Waals surface area contributed by atoms with Crippen LogP contribution in [0.1, 0.15) is 6.92 Å². The Bertz CT molecular complexity index is 376. The molecule has 0 fully saturated rings. The Morgan fingerprint density at radius 1 is 1.33 bits per heavy atom. The third-order valence-corrected chi connectivity index (χ3v) is 1.96. The Kier molecular flexibility index (Phi) is 1.74. The van der Waals surface area contributed by atoms with Crippen LogP contribution in [-0.2, 0) is 0 Å². The van der Waals surface area contributed by atoms with Crippen molar-refractivity contribution in [2.45, 2.75) is 6.92 Å². The molecule has 2 heteroatoms. The van der Waals surface area contributed by atoms with E-state index in [2.05, 4.69) is 41.5 Å². The highest BCUT2D eigenvalue weighted by molar-refractivity contribution is 5.91. The quantitative estimate of drug-likeness (QED) is 0.694. The molecule has 0 aliphatic carbocycles. The van der Waals surface area contributed by atoms with Crippen LogP contribution in [0.3, 0.4) is 0 Å². The lowest BCUT2D eigenvalue weighted by Crippen LogP contribution is -1.95. The molecule has 2 nitrogen and oxygen atoms in total. The second kappa shape index (κ2) is 2.89. The minimum atomic E-state index is 0.963. The van der Waals surface area contributed by atoms with Gasteiger partial charge >= 0.3 is 0 Å². The summed E-state index contributed by atoms with van der Waals surface area (Å²) in [7, 11) is 0. The Morgan fingerprint density at radius 3 is 3.08 bits per heavy atom. The zero-order valence-electron chi connectivity index (χ0n) is 7.09. The normalized spacial score (nSPS) is 10.4. The van der Waals surface area contributed by atoms with Gasteiger partial charge in [-0.05, 0) is 25.1 Å². The van der Waals surface area contributed by atoms with Crippen molar-refractivity contribution < 1.29 is 0 Å². The lowest BCUT2D eigenvalue weighted by Gasteiger charge is -2.03. The Balaban J connectivity index is 2.57. The van der Waals surface area contributed by atoms with Gasteiger partial charge in [0.05, 0.1) is 0 Å². The summed E-state index contributed by atoms with van der Waals surface area (Å²) in [5.41, 5.74) is 2.39. The molecule has 0 amide bonds. The maximum Gasteiger partial charge on any atom is 0.0474 e. The fraction of sp³-hybridized carbons (Fsp3) is 0.200. The molecule has 0 unspecified atom stereocenters. The minimum Gasteiger partial charge on any atom is -0.385 e. The highest BCUT2D eigenvalue weighted by Gasteiger charge is 1.98. The van der Waals surface area contributed by atoms with E-state index in [0.717, 1.165) is 6.54 Å². The number of nitrogens with one attached hydrogen (secondary N) is 2. The molecule has 12 heavy (non-hydrogen) atoms. The van der Waals surface area contributed by atoms with E-state index in [-0.39, 0.29) is 0 Å². The number of hydrogen-bond acceptors (Lipinski definition) is 1. The second-order valence-corrected chi connectivity index (χ2v) is 2.77. The van der Waals surface area contributed by atoms with Crippen molar-refractivity contribution in [2.75, 3.05) is 11.9 Å².